The van der Waals surface area contributed by atoms with Crippen LogP contribution in [0.3, 0.4) is 0 Å². The highest BCUT2D eigenvalue weighted by molar-refractivity contribution is 5.81. The van der Waals surface area contributed by atoms with Gasteiger partial charge < -0.3 is 16.5 Å². The molecule has 0 bridgehead atoms. The summed E-state index contributed by atoms with van der Waals surface area (Å²) < 4.78 is 0. The Morgan fingerprint density at radius 3 is 2.36 bits per heavy atom. The molecular formula is C8H13N3. The number of nitrogens with one attached hydrogen (secondary N) is 2. The van der Waals surface area contributed by atoms with E-state index in [9.17, 15) is 0 Å². The van der Waals surface area contributed by atoms with E-state index in [1.807, 2.05) is 6.92 Å². The molecule has 0 spiro atoms. The lowest BCUT2D eigenvalue weighted by Gasteiger charge is -2.07. The van der Waals surface area contributed by atoms with Crippen LogP contribution in [0.5, 0.6) is 0 Å². The van der Waals surface area contributed by atoms with Crippen molar-refractivity contribution in [2.45, 2.75) is 6.92 Å². The molecule has 3 nitrogen and oxygen atoms in total. The number of hydrogen-bond donors (Lipinski definition) is 3. The van der Waals surface area contributed by atoms with Crippen LogP contribution in [-0.2, 0) is 0 Å². The van der Waals surface area contributed by atoms with E-state index >= 15 is 0 Å². The SMILES string of the molecule is C=C(C)NC(=C)/C(C=N)=C/N. The second kappa shape index (κ2) is 4.33. The maximum absolute atomic E-state index is 6.93. The van der Waals surface area contributed by atoms with Gasteiger partial charge in [-0.2, -0.15) is 0 Å². The molecule has 0 aliphatic rings. The normalized spacial score (nSPS) is 10.5. The minimum absolute atomic E-state index is 0.563. The average molecular weight is 151 g/mol. The zero-order valence-electron chi connectivity index (χ0n) is 6.65. The summed E-state index contributed by atoms with van der Waals surface area (Å²) in [6.45, 7) is 9.11. The molecule has 0 saturated carbocycles. The van der Waals surface area contributed by atoms with Crippen molar-refractivity contribution in [3.8, 4) is 0 Å². The van der Waals surface area contributed by atoms with E-state index < -0.39 is 0 Å². The predicted octanol–water partition coefficient (Wildman–Crippen LogP) is 1.12. The second-order valence-electron chi connectivity index (χ2n) is 2.15. The fourth-order valence-corrected chi connectivity index (χ4v) is 0.566. The molecule has 0 unspecified atom stereocenters. The van der Waals surface area contributed by atoms with Crippen molar-refractivity contribution in [2.75, 3.05) is 0 Å². The topological polar surface area (TPSA) is 61.9 Å². The van der Waals surface area contributed by atoms with Crippen LogP contribution in [0.15, 0.2) is 36.3 Å². The lowest BCUT2D eigenvalue weighted by atomic mass is 10.2. The van der Waals surface area contributed by atoms with Crippen LogP contribution in [0.25, 0.3) is 0 Å². The largest absolute Gasteiger partial charge is 0.404 e. The minimum atomic E-state index is 0.563. The zero-order chi connectivity index (χ0) is 8.85. The summed E-state index contributed by atoms with van der Waals surface area (Å²) in [5.74, 6) is 0. The van der Waals surface area contributed by atoms with Gasteiger partial charge in [-0.25, -0.2) is 0 Å². The van der Waals surface area contributed by atoms with E-state index in [0.717, 1.165) is 11.9 Å². The lowest BCUT2D eigenvalue weighted by Crippen LogP contribution is -2.12. The fourth-order valence-electron chi connectivity index (χ4n) is 0.566. The van der Waals surface area contributed by atoms with Crippen molar-refractivity contribution in [1.82, 2.24) is 5.32 Å². The van der Waals surface area contributed by atoms with Gasteiger partial charge in [-0.3, -0.25) is 0 Å². The summed E-state index contributed by atoms with van der Waals surface area (Å²) >= 11 is 0. The second-order valence-corrected chi connectivity index (χ2v) is 2.15. The Balaban J connectivity index is 4.24. The van der Waals surface area contributed by atoms with Gasteiger partial charge in [0.2, 0.25) is 0 Å². The van der Waals surface area contributed by atoms with Crippen LogP contribution in [0.2, 0.25) is 0 Å². The van der Waals surface area contributed by atoms with Crippen LogP contribution >= 0.6 is 0 Å². The van der Waals surface area contributed by atoms with Crippen LogP contribution in [-0.4, -0.2) is 6.21 Å². The molecule has 0 radical (unpaired) electrons. The molecule has 0 aromatic rings. The van der Waals surface area contributed by atoms with E-state index in [1.165, 1.54) is 6.20 Å². The van der Waals surface area contributed by atoms with Crippen molar-refractivity contribution in [3.63, 3.8) is 0 Å². The van der Waals surface area contributed by atoms with E-state index in [2.05, 4.69) is 18.5 Å². The molecule has 0 aromatic carbocycles. The molecule has 60 valence electrons. The van der Waals surface area contributed by atoms with Crippen molar-refractivity contribution in [2.24, 2.45) is 5.73 Å². The third kappa shape index (κ3) is 3.25. The Hall–Kier alpha value is -1.51. The van der Waals surface area contributed by atoms with Gasteiger partial charge in [-0.05, 0) is 6.92 Å². The first-order chi connectivity index (χ1) is 5.11. The van der Waals surface area contributed by atoms with Crippen LogP contribution in [0.1, 0.15) is 6.92 Å². The third-order valence-corrected chi connectivity index (χ3v) is 1.05. The van der Waals surface area contributed by atoms with Crippen LogP contribution in [0, 0.1) is 5.41 Å². The number of allylic oxidation sites excluding steroid dienone is 2. The molecule has 0 saturated heterocycles. The Morgan fingerprint density at radius 2 is 2.09 bits per heavy atom. The maximum atomic E-state index is 6.93. The van der Waals surface area contributed by atoms with E-state index in [4.69, 9.17) is 11.1 Å². The summed E-state index contributed by atoms with van der Waals surface area (Å²) in [7, 11) is 0. The highest BCUT2D eigenvalue weighted by atomic mass is 14.9. The average Bonchev–Trinajstić information content (AvgIpc) is 1.88. The summed E-state index contributed by atoms with van der Waals surface area (Å²) in [5.41, 5.74) is 7.15. The predicted molar refractivity (Wildman–Crippen MR) is 48.1 cm³/mol. The van der Waals surface area contributed by atoms with Gasteiger partial charge in [0.15, 0.2) is 0 Å². The number of hydrogen-bond acceptors (Lipinski definition) is 3. The van der Waals surface area contributed by atoms with Crippen molar-refractivity contribution < 1.29 is 0 Å². The maximum Gasteiger partial charge on any atom is 0.0412 e. The first-order valence-electron chi connectivity index (χ1n) is 3.16. The molecule has 0 aromatic heterocycles. The molecule has 11 heavy (non-hydrogen) atoms. The van der Waals surface area contributed by atoms with Crippen LogP contribution in [0.4, 0.5) is 0 Å². The van der Waals surface area contributed by atoms with Crippen LogP contribution < -0.4 is 11.1 Å². The Kier molecular flexibility index (Phi) is 3.73. The van der Waals surface area contributed by atoms with Crippen molar-refractivity contribution >= 4 is 6.21 Å². The molecule has 0 fully saturated rings. The molecule has 0 atom stereocenters. The van der Waals surface area contributed by atoms with Crippen molar-refractivity contribution in [3.05, 3.63) is 36.3 Å². The first-order valence-corrected chi connectivity index (χ1v) is 3.16. The molecule has 0 aliphatic carbocycles. The Labute approximate surface area is 66.8 Å². The highest BCUT2D eigenvalue weighted by Crippen LogP contribution is 2.00. The monoisotopic (exact) mass is 151 g/mol. The first kappa shape index (κ1) is 9.49. The Morgan fingerprint density at radius 1 is 1.55 bits per heavy atom. The smallest absolute Gasteiger partial charge is 0.0412 e. The number of rotatable bonds is 4. The lowest BCUT2D eigenvalue weighted by molar-refractivity contribution is 1.01. The van der Waals surface area contributed by atoms with Gasteiger partial charge >= 0.3 is 0 Å². The minimum Gasteiger partial charge on any atom is -0.404 e. The highest BCUT2D eigenvalue weighted by Gasteiger charge is 1.96. The van der Waals surface area contributed by atoms with Gasteiger partial charge in [0.25, 0.3) is 0 Å². The van der Waals surface area contributed by atoms with Gasteiger partial charge in [0.05, 0.1) is 0 Å². The van der Waals surface area contributed by atoms with Gasteiger partial charge in [-0.15, -0.1) is 0 Å². The van der Waals surface area contributed by atoms with Gasteiger partial charge in [-0.1, -0.05) is 13.2 Å². The zero-order valence-corrected chi connectivity index (χ0v) is 6.65. The summed E-state index contributed by atoms with van der Waals surface area (Å²) in [6.07, 6.45) is 2.46. The molecule has 4 N–H and O–H groups in total. The molecule has 0 heterocycles. The fraction of sp³-hybridized carbons (Fsp3) is 0.125. The Bertz CT molecular complexity index is 213. The standard InChI is InChI=1S/C8H13N3/c1-6(2)11-7(3)8(4-9)5-10/h4-5,9,11H,1,3,10H2,2H3/b8-5+,9-4?. The quantitative estimate of drug-likeness (QED) is 0.416. The van der Waals surface area contributed by atoms with Crippen molar-refractivity contribution in [1.29, 1.82) is 5.41 Å². The molecule has 0 aliphatic heterocycles. The van der Waals surface area contributed by atoms with Gasteiger partial charge in [0.1, 0.15) is 0 Å². The van der Waals surface area contributed by atoms with E-state index in [0.29, 0.717) is 11.3 Å². The van der Waals surface area contributed by atoms with E-state index in [1.54, 1.807) is 0 Å². The number of nitrogens with two attached hydrogens (primary N) is 1. The third-order valence-electron chi connectivity index (χ3n) is 1.05. The summed E-state index contributed by atoms with van der Waals surface area (Å²) in [4.78, 5) is 0. The summed E-state index contributed by atoms with van der Waals surface area (Å²) in [6, 6.07) is 0. The van der Waals surface area contributed by atoms with E-state index in [-0.39, 0.29) is 0 Å². The summed E-state index contributed by atoms with van der Waals surface area (Å²) in [5, 5.41) is 9.79. The van der Waals surface area contributed by atoms with Gasteiger partial charge in [0, 0.05) is 29.4 Å². The molecular weight excluding hydrogens is 138 g/mol. The molecule has 0 amide bonds. The molecule has 3 heteroatoms. The molecule has 0 rings (SSSR count).